The Labute approximate surface area is 138 Å². The quantitative estimate of drug-likeness (QED) is 0.877. The second-order valence-electron chi connectivity index (χ2n) is 6.42. The number of nitrogens with one attached hydrogen (secondary N) is 1. The molecule has 3 nitrogen and oxygen atoms in total. The van der Waals surface area contributed by atoms with E-state index in [0.29, 0.717) is 13.0 Å². The zero-order chi connectivity index (χ0) is 17.0. The average molecular weight is 348 g/mol. The lowest BCUT2D eigenvalue weighted by Gasteiger charge is -2.33. The minimum Gasteiger partial charge on any atom is -0.347 e. The van der Waals surface area contributed by atoms with Crippen LogP contribution < -0.4 is 5.32 Å². The van der Waals surface area contributed by atoms with Gasteiger partial charge in [-0.05, 0) is 36.8 Å². The van der Waals surface area contributed by atoms with Gasteiger partial charge in [0.2, 0.25) is 5.91 Å². The first-order valence-electron chi connectivity index (χ1n) is 7.89. The predicted molar refractivity (Wildman–Crippen MR) is 85.3 cm³/mol. The highest BCUT2D eigenvalue weighted by atomic mass is 32.1. The van der Waals surface area contributed by atoms with Crippen molar-refractivity contribution in [1.29, 1.82) is 0 Å². The van der Waals surface area contributed by atoms with Gasteiger partial charge in [-0.25, -0.2) is 0 Å². The van der Waals surface area contributed by atoms with Gasteiger partial charge in [-0.3, -0.25) is 9.69 Å². The maximum absolute atomic E-state index is 12.8. The van der Waals surface area contributed by atoms with Gasteiger partial charge >= 0.3 is 6.18 Å². The number of thiophene rings is 1. The van der Waals surface area contributed by atoms with Gasteiger partial charge in [0, 0.05) is 11.4 Å². The Hall–Kier alpha value is -1.08. The number of carbonyl (C=O) groups is 1. The Balaban J connectivity index is 1.91. The van der Waals surface area contributed by atoms with E-state index in [2.05, 4.69) is 5.32 Å². The maximum Gasteiger partial charge on any atom is 0.393 e. The van der Waals surface area contributed by atoms with Crippen LogP contribution in [0, 0.1) is 11.8 Å². The van der Waals surface area contributed by atoms with E-state index in [1.807, 2.05) is 31.4 Å². The summed E-state index contributed by atoms with van der Waals surface area (Å²) in [4.78, 5) is 14.9. The van der Waals surface area contributed by atoms with E-state index >= 15 is 0 Å². The lowest BCUT2D eigenvalue weighted by molar-refractivity contribution is -0.187. The maximum atomic E-state index is 12.8. The van der Waals surface area contributed by atoms with Gasteiger partial charge in [-0.15, -0.1) is 11.3 Å². The lowest BCUT2D eigenvalue weighted by Crippen LogP contribution is -2.46. The molecule has 1 saturated heterocycles. The van der Waals surface area contributed by atoms with E-state index in [1.165, 1.54) is 0 Å². The van der Waals surface area contributed by atoms with Crippen molar-refractivity contribution >= 4 is 17.2 Å². The highest BCUT2D eigenvalue weighted by Gasteiger charge is 2.42. The summed E-state index contributed by atoms with van der Waals surface area (Å²) in [6.07, 6.45) is -3.53. The molecule has 0 aromatic carbocycles. The third-order valence-corrected chi connectivity index (χ3v) is 5.12. The smallest absolute Gasteiger partial charge is 0.347 e. The van der Waals surface area contributed by atoms with Crippen LogP contribution in [-0.4, -0.2) is 36.6 Å². The van der Waals surface area contributed by atoms with E-state index in [1.54, 1.807) is 16.2 Å². The third kappa shape index (κ3) is 5.21. The van der Waals surface area contributed by atoms with Gasteiger partial charge in [0.25, 0.3) is 0 Å². The van der Waals surface area contributed by atoms with Crippen molar-refractivity contribution < 1.29 is 18.0 Å². The molecule has 7 heteroatoms. The van der Waals surface area contributed by atoms with Crippen LogP contribution in [0.15, 0.2) is 17.5 Å². The molecule has 1 amide bonds. The number of carbonyl (C=O) groups excluding carboxylic acids is 1. The Bertz CT molecular complexity index is 502. The molecule has 1 aromatic heterocycles. The molecule has 1 aliphatic heterocycles. The van der Waals surface area contributed by atoms with Crippen LogP contribution in [0.3, 0.4) is 0 Å². The number of likely N-dealkylation sites (tertiary alicyclic amines) is 1. The van der Waals surface area contributed by atoms with Gasteiger partial charge in [-0.1, -0.05) is 19.9 Å². The van der Waals surface area contributed by atoms with Crippen molar-refractivity contribution in [3.63, 3.8) is 0 Å². The molecule has 1 fully saturated rings. The second-order valence-corrected chi connectivity index (χ2v) is 7.40. The minimum atomic E-state index is -4.17. The molecule has 0 aliphatic carbocycles. The summed E-state index contributed by atoms with van der Waals surface area (Å²) in [7, 11) is 0. The van der Waals surface area contributed by atoms with Crippen LogP contribution >= 0.6 is 11.3 Å². The molecule has 0 spiro atoms. The number of amides is 1. The molecule has 0 saturated carbocycles. The van der Waals surface area contributed by atoms with Crippen LogP contribution in [0.1, 0.15) is 37.6 Å². The number of halogens is 3. The van der Waals surface area contributed by atoms with Gasteiger partial charge in [0.05, 0.1) is 18.5 Å². The summed E-state index contributed by atoms with van der Waals surface area (Å²) in [5, 5.41) is 4.92. The van der Waals surface area contributed by atoms with Crippen molar-refractivity contribution in [3.05, 3.63) is 22.4 Å². The number of piperidine rings is 1. The summed E-state index contributed by atoms with van der Waals surface area (Å²) < 4.78 is 38.5. The predicted octanol–water partition coefficient (Wildman–Crippen LogP) is 3.84. The molecule has 1 N–H and O–H groups in total. The summed E-state index contributed by atoms with van der Waals surface area (Å²) in [6, 6.07) is 3.81. The Morgan fingerprint density at radius 2 is 2.22 bits per heavy atom. The minimum absolute atomic E-state index is 0.0289. The van der Waals surface area contributed by atoms with Crippen molar-refractivity contribution in [2.75, 3.05) is 19.6 Å². The van der Waals surface area contributed by atoms with Crippen molar-refractivity contribution in [2.24, 2.45) is 11.8 Å². The van der Waals surface area contributed by atoms with Crippen LogP contribution in [0.5, 0.6) is 0 Å². The SMILES string of the molecule is CC(C)[C@@H](NC(=O)CN1CCC[C@@H](C(F)(F)F)C1)c1cccs1. The highest BCUT2D eigenvalue weighted by Crippen LogP contribution is 2.33. The molecule has 23 heavy (non-hydrogen) atoms. The zero-order valence-corrected chi connectivity index (χ0v) is 14.2. The number of alkyl halides is 3. The summed E-state index contributed by atoms with van der Waals surface area (Å²) in [5.41, 5.74) is 0. The van der Waals surface area contributed by atoms with Crippen LogP contribution in [0.2, 0.25) is 0 Å². The standard InChI is InChI=1S/C16H23F3N2OS/c1-11(2)15(13-6-4-8-23-13)20-14(22)10-21-7-3-5-12(9-21)16(17,18)19/h4,6,8,11-12,15H,3,5,7,9-10H2,1-2H3,(H,20,22)/t12-,15-/m1/s1. The average Bonchev–Trinajstić information content (AvgIpc) is 2.97. The molecule has 130 valence electrons. The van der Waals surface area contributed by atoms with Gasteiger partial charge < -0.3 is 5.32 Å². The van der Waals surface area contributed by atoms with Crippen LogP contribution in [0.25, 0.3) is 0 Å². The fourth-order valence-electron chi connectivity index (χ4n) is 2.92. The molecule has 1 aromatic rings. The summed E-state index contributed by atoms with van der Waals surface area (Å²) >= 11 is 1.57. The first kappa shape index (κ1) is 18.3. The molecule has 2 heterocycles. The van der Waals surface area contributed by atoms with E-state index in [0.717, 1.165) is 4.88 Å². The molecule has 0 bridgehead atoms. The fraction of sp³-hybridized carbons (Fsp3) is 0.688. The van der Waals surface area contributed by atoms with E-state index in [9.17, 15) is 18.0 Å². The first-order valence-corrected chi connectivity index (χ1v) is 8.77. The largest absolute Gasteiger partial charge is 0.393 e. The molecular formula is C16H23F3N2OS. The molecule has 2 rings (SSSR count). The Morgan fingerprint density at radius 3 is 2.78 bits per heavy atom. The summed E-state index contributed by atoms with van der Waals surface area (Å²) in [6.45, 7) is 4.53. The topological polar surface area (TPSA) is 32.3 Å². The Kier molecular flexibility index (Phi) is 6.08. The normalized spacial score (nSPS) is 21.4. The molecule has 1 aliphatic rings. The molecule has 0 radical (unpaired) electrons. The monoisotopic (exact) mass is 348 g/mol. The number of nitrogens with zero attached hydrogens (tertiary/aromatic N) is 1. The van der Waals surface area contributed by atoms with Gasteiger partial charge in [0.15, 0.2) is 0 Å². The first-order chi connectivity index (χ1) is 10.8. The summed E-state index contributed by atoms with van der Waals surface area (Å²) in [5.74, 6) is -1.30. The fourth-order valence-corrected chi connectivity index (χ4v) is 3.87. The van der Waals surface area contributed by atoms with E-state index < -0.39 is 12.1 Å². The van der Waals surface area contributed by atoms with Crippen molar-refractivity contribution in [3.8, 4) is 0 Å². The van der Waals surface area contributed by atoms with Gasteiger partial charge in [0.1, 0.15) is 0 Å². The molecule has 0 unspecified atom stereocenters. The highest BCUT2D eigenvalue weighted by molar-refractivity contribution is 7.10. The number of hydrogen-bond acceptors (Lipinski definition) is 3. The molecular weight excluding hydrogens is 325 g/mol. The number of rotatable bonds is 5. The Morgan fingerprint density at radius 1 is 1.48 bits per heavy atom. The number of hydrogen-bond donors (Lipinski definition) is 1. The lowest BCUT2D eigenvalue weighted by atomic mass is 9.97. The zero-order valence-electron chi connectivity index (χ0n) is 13.4. The van der Waals surface area contributed by atoms with Crippen LogP contribution in [-0.2, 0) is 4.79 Å². The van der Waals surface area contributed by atoms with E-state index in [-0.39, 0.29) is 37.4 Å². The van der Waals surface area contributed by atoms with Crippen molar-refractivity contribution in [2.45, 2.75) is 38.9 Å². The van der Waals surface area contributed by atoms with Crippen LogP contribution in [0.4, 0.5) is 13.2 Å². The van der Waals surface area contributed by atoms with Crippen molar-refractivity contribution in [1.82, 2.24) is 10.2 Å². The van der Waals surface area contributed by atoms with Gasteiger partial charge in [-0.2, -0.15) is 13.2 Å². The van der Waals surface area contributed by atoms with E-state index in [4.69, 9.17) is 0 Å². The second kappa shape index (κ2) is 7.66. The molecule has 2 atom stereocenters. The third-order valence-electron chi connectivity index (χ3n) is 4.17.